The number of rotatable bonds is 6. The number of halogens is 1. The number of hydrogen-bond donors (Lipinski definition) is 1. The van der Waals surface area contributed by atoms with Gasteiger partial charge in [0.25, 0.3) is 0 Å². The zero-order valence-electron chi connectivity index (χ0n) is 18.9. The number of pyridine rings is 1. The predicted molar refractivity (Wildman–Crippen MR) is 127 cm³/mol. The number of hydrogen-bond acceptors (Lipinski definition) is 6. The first-order chi connectivity index (χ1) is 15.8. The molecular weight excluding hydrogens is 440 g/mol. The Balaban J connectivity index is 1.40. The minimum atomic E-state index is -1.30. The maximum absolute atomic E-state index is 10.4. The summed E-state index contributed by atoms with van der Waals surface area (Å²) in [6.07, 6.45) is 7.86. The minimum Gasteiger partial charge on any atom is -0.366 e. The van der Waals surface area contributed by atoms with E-state index in [9.17, 15) is 5.11 Å². The molecule has 4 heterocycles. The molecule has 1 aliphatic heterocycles. The van der Waals surface area contributed by atoms with Gasteiger partial charge >= 0.3 is 0 Å². The van der Waals surface area contributed by atoms with Crippen molar-refractivity contribution in [1.82, 2.24) is 19.5 Å². The smallest absolute Gasteiger partial charge is 0.162 e. The van der Waals surface area contributed by atoms with Gasteiger partial charge in [0.05, 0.1) is 11.5 Å². The Morgan fingerprint density at radius 1 is 1.18 bits per heavy atom. The van der Waals surface area contributed by atoms with Crippen LogP contribution in [0.2, 0.25) is 5.15 Å². The van der Waals surface area contributed by atoms with E-state index in [1.54, 1.807) is 13.8 Å². The predicted octanol–water partition coefficient (Wildman–Crippen LogP) is 4.91. The van der Waals surface area contributed by atoms with Crippen LogP contribution in [-0.4, -0.2) is 42.6 Å². The summed E-state index contributed by atoms with van der Waals surface area (Å²) in [6.45, 7) is 5.39. The quantitative estimate of drug-likeness (QED) is 0.321. The van der Waals surface area contributed by atoms with E-state index in [1.165, 1.54) is 17.3 Å². The van der Waals surface area contributed by atoms with Crippen LogP contribution in [-0.2, 0) is 15.9 Å². The van der Waals surface area contributed by atoms with Crippen molar-refractivity contribution in [3.63, 3.8) is 0 Å². The van der Waals surface area contributed by atoms with E-state index in [4.69, 9.17) is 21.1 Å². The largest absolute Gasteiger partial charge is 0.366 e. The molecule has 7 nitrogen and oxygen atoms in total. The molecular formula is C25H27ClN4O3. The molecule has 1 fully saturated rings. The zero-order chi connectivity index (χ0) is 23.2. The van der Waals surface area contributed by atoms with Crippen LogP contribution in [0, 0.1) is 5.92 Å². The molecule has 0 unspecified atom stereocenters. The third-order valence-corrected chi connectivity index (χ3v) is 6.58. The van der Waals surface area contributed by atoms with Crippen molar-refractivity contribution in [2.45, 2.75) is 57.8 Å². The molecule has 4 aromatic rings. The number of aliphatic hydroxyl groups is 1. The van der Waals surface area contributed by atoms with Gasteiger partial charge in [0, 0.05) is 29.9 Å². The first-order valence-corrected chi connectivity index (χ1v) is 11.5. The number of ether oxygens (including phenoxy) is 2. The van der Waals surface area contributed by atoms with Crippen LogP contribution >= 0.6 is 11.6 Å². The summed E-state index contributed by atoms with van der Waals surface area (Å²) in [7, 11) is 0. The maximum Gasteiger partial charge on any atom is 0.162 e. The third-order valence-electron chi connectivity index (χ3n) is 6.28. The molecule has 0 spiro atoms. The van der Waals surface area contributed by atoms with E-state index in [0.29, 0.717) is 10.8 Å². The van der Waals surface area contributed by atoms with Gasteiger partial charge in [-0.2, -0.15) is 0 Å². The number of nitrogens with zero attached hydrogens (tertiary/aromatic N) is 4. The van der Waals surface area contributed by atoms with Gasteiger partial charge in [0.2, 0.25) is 0 Å². The molecule has 0 amide bonds. The highest BCUT2D eigenvalue weighted by Gasteiger charge is 2.45. The molecule has 1 N–H and O–H groups in total. The normalized spacial score (nSPS) is 23.5. The van der Waals surface area contributed by atoms with Crippen molar-refractivity contribution in [2.24, 2.45) is 5.92 Å². The lowest BCUT2D eigenvalue weighted by atomic mass is 9.94. The van der Waals surface area contributed by atoms with Crippen LogP contribution in [0.25, 0.3) is 21.8 Å². The topological polar surface area (TPSA) is 82.3 Å². The van der Waals surface area contributed by atoms with E-state index in [2.05, 4.69) is 40.1 Å². The Morgan fingerprint density at radius 2 is 2.03 bits per heavy atom. The highest BCUT2D eigenvalue weighted by atomic mass is 35.5. The average molecular weight is 467 g/mol. The molecule has 1 aliphatic rings. The second-order valence-corrected chi connectivity index (χ2v) is 9.53. The molecule has 8 heteroatoms. The molecule has 4 atom stereocenters. The highest BCUT2D eigenvalue weighted by Crippen LogP contribution is 2.41. The lowest BCUT2D eigenvalue weighted by Gasteiger charge is -2.29. The molecule has 33 heavy (non-hydrogen) atoms. The van der Waals surface area contributed by atoms with Gasteiger partial charge in [-0.05, 0) is 55.8 Å². The van der Waals surface area contributed by atoms with Gasteiger partial charge in [0.15, 0.2) is 12.0 Å². The van der Waals surface area contributed by atoms with Crippen LogP contribution in [0.1, 0.15) is 39.0 Å². The summed E-state index contributed by atoms with van der Waals surface area (Å²) in [5.74, 6) is -1.24. The number of aromatic nitrogens is 4. The van der Waals surface area contributed by atoms with Gasteiger partial charge in [-0.15, -0.1) is 0 Å². The Morgan fingerprint density at radius 3 is 2.85 bits per heavy atom. The van der Waals surface area contributed by atoms with Gasteiger partial charge in [0.1, 0.15) is 23.2 Å². The van der Waals surface area contributed by atoms with E-state index in [1.807, 2.05) is 35.3 Å². The van der Waals surface area contributed by atoms with Crippen LogP contribution in [0.3, 0.4) is 0 Å². The van der Waals surface area contributed by atoms with E-state index >= 15 is 0 Å². The fourth-order valence-corrected chi connectivity index (χ4v) is 4.84. The van der Waals surface area contributed by atoms with Crippen LogP contribution in [0.4, 0.5) is 0 Å². The fourth-order valence-electron chi connectivity index (χ4n) is 4.65. The molecule has 0 saturated carbocycles. The van der Waals surface area contributed by atoms with Gasteiger partial charge in [-0.3, -0.25) is 4.98 Å². The van der Waals surface area contributed by atoms with Gasteiger partial charge < -0.3 is 19.1 Å². The van der Waals surface area contributed by atoms with Crippen molar-refractivity contribution in [3.8, 4) is 0 Å². The van der Waals surface area contributed by atoms with Crippen molar-refractivity contribution in [2.75, 3.05) is 0 Å². The lowest BCUT2D eigenvalue weighted by molar-refractivity contribution is -0.227. The van der Waals surface area contributed by atoms with Crippen molar-refractivity contribution < 1.29 is 14.6 Å². The average Bonchev–Trinajstić information content (AvgIpc) is 3.34. The third kappa shape index (κ3) is 4.46. The number of benzene rings is 1. The molecule has 0 aliphatic carbocycles. The zero-order valence-corrected chi connectivity index (χ0v) is 19.6. The number of fused-ring (bicyclic) bond motifs is 2. The van der Waals surface area contributed by atoms with Crippen molar-refractivity contribution in [1.29, 1.82) is 0 Å². The molecule has 0 radical (unpaired) electrons. The monoisotopic (exact) mass is 466 g/mol. The summed E-state index contributed by atoms with van der Waals surface area (Å²) < 4.78 is 14.6. The summed E-state index contributed by atoms with van der Waals surface area (Å²) >= 11 is 6.26. The van der Waals surface area contributed by atoms with Crippen LogP contribution in [0.15, 0.2) is 55.2 Å². The molecule has 1 aromatic carbocycles. The van der Waals surface area contributed by atoms with Crippen molar-refractivity contribution in [3.05, 3.63) is 66.0 Å². The standard InChI is InChI=1S/C25H27ClN4O3/c1-15-20(7-5-16-4-6-17-8-10-27-13-18(17)12-16)32-24(21(15)33-25(2,3)31)30-11-9-19-22(26)28-14-29-23(19)30/h4,6,8-15,20-21,24,31H,5,7H2,1-3H3/t15-,20-,21-,24-/m1/s1. The maximum atomic E-state index is 10.4. The van der Waals surface area contributed by atoms with E-state index < -0.39 is 12.0 Å². The molecule has 172 valence electrons. The summed E-state index contributed by atoms with van der Waals surface area (Å²) in [4.78, 5) is 12.7. The Labute approximate surface area is 197 Å². The van der Waals surface area contributed by atoms with Gasteiger partial charge in [-0.25, -0.2) is 9.97 Å². The van der Waals surface area contributed by atoms with Crippen LogP contribution < -0.4 is 0 Å². The molecule has 5 rings (SSSR count). The summed E-state index contributed by atoms with van der Waals surface area (Å²) in [5, 5.41) is 13.9. The fraction of sp³-hybridized carbons (Fsp3) is 0.400. The Kier molecular flexibility index (Phi) is 5.82. The number of aryl methyl sites for hydroxylation is 1. The second-order valence-electron chi connectivity index (χ2n) is 9.17. The second kappa shape index (κ2) is 8.65. The first kappa shape index (κ1) is 22.2. The van der Waals surface area contributed by atoms with Crippen LogP contribution in [0.5, 0.6) is 0 Å². The van der Waals surface area contributed by atoms with E-state index in [-0.39, 0.29) is 18.1 Å². The minimum absolute atomic E-state index is 0.0540. The molecule has 3 aromatic heterocycles. The Hall–Kier alpha value is -2.58. The molecule has 1 saturated heterocycles. The first-order valence-electron chi connectivity index (χ1n) is 11.2. The van der Waals surface area contributed by atoms with Crippen molar-refractivity contribution >= 4 is 33.4 Å². The highest BCUT2D eigenvalue weighted by molar-refractivity contribution is 6.33. The lowest BCUT2D eigenvalue weighted by Crippen LogP contribution is -2.37. The summed E-state index contributed by atoms with van der Waals surface area (Å²) in [5.41, 5.74) is 1.92. The Bertz CT molecular complexity index is 1290. The van der Waals surface area contributed by atoms with Gasteiger partial charge in [-0.1, -0.05) is 30.7 Å². The summed E-state index contributed by atoms with van der Waals surface area (Å²) in [6, 6.07) is 10.4. The SMILES string of the molecule is C[C@H]1[C@@H](OC(C)(C)O)[C@H](n2ccc3c(Cl)ncnc32)O[C@@H]1CCc1ccc2ccncc2c1. The molecule has 0 bridgehead atoms. The van der Waals surface area contributed by atoms with E-state index in [0.717, 1.165) is 23.6 Å².